The van der Waals surface area contributed by atoms with Gasteiger partial charge in [0.2, 0.25) is 0 Å². The summed E-state index contributed by atoms with van der Waals surface area (Å²) in [5.74, 6) is 0.188. The van der Waals surface area contributed by atoms with Gasteiger partial charge in [-0.1, -0.05) is 22.9 Å². The number of carboxylic acid groups (broad SMARTS) is 1. The molecule has 0 fully saturated rings. The van der Waals surface area contributed by atoms with E-state index >= 15 is 0 Å². The number of thiophene rings is 1. The lowest BCUT2D eigenvalue weighted by molar-refractivity contribution is 0.0697. The van der Waals surface area contributed by atoms with Gasteiger partial charge in [0.25, 0.3) is 0 Å². The second-order valence-corrected chi connectivity index (χ2v) is 6.30. The summed E-state index contributed by atoms with van der Waals surface area (Å²) in [5, 5.41) is 9.21. The molecule has 1 N–H and O–H groups in total. The summed E-state index contributed by atoms with van der Waals surface area (Å²) in [6, 6.07) is 7.37. The van der Waals surface area contributed by atoms with Crippen LogP contribution in [0.1, 0.15) is 27.0 Å². The molecule has 0 saturated carbocycles. The smallest absolute Gasteiger partial charge is 0.349 e. The highest BCUT2D eigenvalue weighted by atomic mass is 79.9. The van der Waals surface area contributed by atoms with Crippen molar-refractivity contribution in [2.24, 2.45) is 0 Å². The van der Waals surface area contributed by atoms with Crippen molar-refractivity contribution in [1.82, 2.24) is 0 Å². The number of aromatic carboxylic acids is 1. The summed E-state index contributed by atoms with van der Waals surface area (Å²) in [4.78, 5) is 12.5. The van der Waals surface area contributed by atoms with Crippen LogP contribution in [0.15, 0.2) is 28.7 Å². The van der Waals surface area contributed by atoms with Crippen LogP contribution in [0.4, 0.5) is 0 Å². The van der Waals surface area contributed by atoms with E-state index in [9.17, 15) is 9.90 Å². The topological polar surface area (TPSA) is 55.8 Å². The molecule has 0 radical (unpaired) electrons. The Morgan fingerprint density at radius 2 is 2.14 bits per heavy atom. The van der Waals surface area contributed by atoms with Gasteiger partial charge in [-0.3, -0.25) is 0 Å². The highest BCUT2D eigenvalue weighted by Crippen LogP contribution is 2.31. The maximum Gasteiger partial charge on any atom is 0.349 e. The molecular formula is C15H15BrO4S. The Hall–Kier alpha value is -1.53. The van der Waals surface area contributed by atoms with Crippen molar-refractivity contribution in [1.29, 1.82) is 0 Å². The van der Waals surface area contributed by atoms with E-state index in [0.717, 1.165) is 27.1 Å². The van der Waals surface area contributed by atoms with Gasteiger partial charge >= 0.3 is 5.97 Å². The molecule has 2 aromatic rings. The van der Waals surface area contributed by atoms with Crippen LogP contribution in [0, 0.1) is 0 Å². The van der Waals surface area contributed by atoms with Gasteiger partial charge in [-0.2, -0.15) is 0 Å². The fourth-order valence-corrected chi connectivity index (χ4v) is 3.04. The average Bonchev–Trinajstić information content (AvgIpc) is 2.90. The number of carbonyl (C=O) groups is 1. The molecule has 1 heterocycles. The summed E-state index contributed by atoms with van der Waals surface area (Å²) in [7, 11) is 1.60. The minimum atomic E-state index is -0.959. The number of ether oxygens (including phenoxy) is 2. The van der Waals surface area contributed by atoms with Crippen LogP contribution < -0.4 is 9.47 Å². The van der Waals surface area contributed by atoms with Gasteiger partial charge in [0.05, 0.1) is 7.11 Å². The lowest BCUT2D eigenvalue weighted by atomic mass is 10.2. The Morgan fingerprint density at radius 3 is 2.76 bits per heavy atom. The number of methoxy groups -OCH3 is 1. The summed E-state index contributed by atoms with van der Waals surface area (Å²) in [5.41, 5.74) is 0.898. The highest BCUT2D eigenvalue weighted by molar-refractivity contribution is 9.10. The zero-order valence-corrected chi connectivity index (χ0v) is 14.1. The van der Waals surface area contributed by atoms with E-state index < -0.39 is 5.97 Å². The van der Waals surface area contributed by atoms with Gasteiger partial charge in [-0.15, -0.1) is 11.3 Å². The Labute approximate surface area is 135 Å². The lowest BCUT2D eigenvalue weighted by Crippen LogP contribution is -2.01. The van der Waals surface area contributed by atoms with Crippen LogP contribution in [-0.2, 0) is 13.0 Å². The highest BCUT2D eigenvalue weighted by Gasteiger charge is 2.16. The van der Waals surface area contributed by atoms with Crippen LogP contribution in [-0.4, -0.2) is 18.2 Å². The Balaban J connectivity index is 2.20. The van der Waals surface area contributed by atoms with E-state index in [1.54, 1.807) is 13.2 Å². The van der Waals surface area contributed by atoms with Crippen molar-refractivity contribution in [3.05, 3.63) is 44.1 Å². The van der Waals surface area contributed by atoms with Crippen molar-refractivity contribution in [3.8, 4) is 11.5 Å². The van der Waals surface area contributed by atoms with Crippen LogP contribution in [0.2, 0.25) is 0 Å². The Bertz CT molecular complexity index is 651. The predicted octanol–water partition coefficient (Wildman–Crippen LogP) is 4.36. The monoisotopic (exact) mass is 370 g/mol. The average molecular weight is 371 g/mol. The third-order valence-electron chi connectivity index (χ3n) is 2.93. The number of hydrogen-bond acceptors (Lipinski definition) is 4. The lowest BCUT2D eigenvalue weighted by Gasteiger charge is -2.09. The molecule has 0 saturated heterocycles. The normalized spacial score (nSPS) is 10.4. The largest absolute Gasteiger partial charge is 0.497 e. The molecule has 0 atom stereocenters. The minimum Gasteiger partial charge on any atom is -0.497 e. The van der Waals surface area contributed by atoms with E-state index in [4.69, 9.17) is 9.47 Å². The molecule has 2 rings (SSSR count). The third-order valence-corrected chi connectivity index (χ3v) is 4.95. The van der Waals surface area contributed by atoms with Crippen LogP contribution >= 0.6 is 27.3 Å². The molecule has 0 amide bonds. The number of benzene rings is 1. The third kappa shape index (κ3) is 3.77. The number of aryl methyl sites for hydroxylation is 1. The second-order valence-electron chi connectivity index (χ2n) is 4.31. The quantitative estimate of drug-likeness (QED) is 0.820. The molecule has 0 aliphatic carbocycles. The SMILES string of the molecule is CCc1cc(OCc2cc(OC)ccc2Br)c(C(=O)O)s1. The number of carboxylic acids is 1. The van der Waals surface area contributed by atoms with E-state index in [-0.39, 0.29) is 11.5 Å². The molecule has 6 heteroatoms. The summed E-state index contributed by atoms with van der Waals surface area (Å²) >= 11 is 4.70. The zero-order valence-electron chi connectivity index (χ0n) is 11.7. The van der Waals surface area contributed by atoms with Crippen molar-refractivity contribution in [2.75, 3.05) is 7.11 Å². The molecule has 112 valence electrons. The van der Waals surface area contributed by atoms with Gasteiger partial charge in [0, 0.05) is 14.9 Å². The van der Waals surface area contributed by atoms with Crippen molar-refractivity contribution in [3.63, 3.8) is 0 Å². The first-order chi connectivity index (χ1) is 10.0. The van der Waals surface area contributed by atoms with E-state index in [2.05, 4.69) is 15.9 Å². The van der Waals surface area contributed by atoms with Gasteiger partial charge in [0.15, 0.2) is 4.88 Å². The van der Waals surface area contributed by atoms with Gasteiger partial charge < -0.3 is 14.6 Å². The molecule has 1 aromatic carbocycles. The first-order valence-electron chi connectivity index (χ1n) is 6.36. The first-order valence-corrected chi connectivity index (χ1v) is 7.97. The molecule has 1 aromatic heterocycles. The summed E-state index contributed by atoms with van der Waals surface area (Å²) < 4.78 is 11.8. The minimum absolute atomic E-state index is 0.242. The van der Waals surface area contributed by atoms with Gasteiger partial charge in [-0.25, -0.2) is 4.79 Å². The van der Waals surface area contributed by atoms with Crippen molar-refractivity contribution >= 4 is 33.2 Å². The van der Waals surface area contributed by atoms with E-state index in [1.807, 2.05) is 25.1 Å². The number of hydrogen-bond donors (Lipinski definition) is 1. The molecule has 0 bridgehead atoms. The van der Waals surface area contributed by atoms with Crippen LogP contribution in [0.25, 0.3) is 0 Å². The fourth-order valence-electron chi connectivity index (χ4n) is 1.80. The predicted molar refractivity (Wildman–Crippen MR) is 85.7 cm³/mol. The van der Waals surface area contributed by atoms with Gasteiger partial charge in [0.1, 0.15) is 18.1 Å². The maximum atomic E-state index is 11.2. The molecule has 4 nitrogen and oxygen atoms in total. The Kier molecular flexibility index (Phi) is 5.25. The molecular weight excluding hydrogens is 356 g/mol. The summed E-state index contributed by atoms with van der Waals surface area (Å²) in [6.45, 7) is 2.26. The number of rotatable bonds is 6. The number of halogens is 1. The van der Waals surface area contributed by atoms with E-state index in [0.29, 0.717) is 5.75 Å². The second kappa shape index (κ2) is 6.95. The standard InChI is InChI=1S/C15H15BrO4S/c1-3-11-7-13(14(21-11)15(17)18)20-8-9-6-10(19-2)4-5-12(9)16/h4-7H,3,8H2,1-2H3,(H,17,18). The van der Waals surface area contributed by atoms with Crippen molar-refractivity contribution in [2.45, 2.75) is 20.0 Å². The van der Waals surface area contributed by atoms with Crippen LogP contribution in [0.3, 0.4) is 0 Å². The molecule has 0 aliphatic heterocycles. The zero-order chi connectivity index (χ0) is 15.4. The molecule has 0 unspecified atom stereocenters. The van der Waals surface area contributed by atoms with E-state index in [1.165, 1.54) is 11.3 Å². The molecule has 0 spiro atoms. The van der Waals surface area contributed by atoms with Gasteiger partial charge in [-0.05, 0) is 30.7 Å². The summed E-state index contributed by atoms with van der Waals surface area (Å²) in [6.07, 6.45) is 0.789. The van der Waals surface area contributed by atoms with Crippen LogP contribution in [0.5, 0.6) is 11.5 Å². The maximum absolute atomic E-state index is 11.2. The molecule has 0 aliphatic rings. The van der Waals surface area contributed by atoms with Crippen molar-refractivity contribution < 1.29 is 19.4 Å². The fraction of sp³-hybridized carbons (Fsp3) is 0.267. The first kappa shape index (κ1) is 15.9. The Morgan fingerprint density at radius 1 is 1.38 bits per heavy atom. The molecule has 21 heavy (non-hydrogen) atoms.